The molecule has 1 rings (SSSR count). The van der Waals surface area contributed by atoms with Crippen LogP contribution in [0.2, 0.25) is 0 Å². The summed E-state index contributed by atoms with van der Waals surface area (Å²) in [5, 5.41) is 3.17. The predicted molar refractivity (Wildman–Crippen MR) is 52.5 cm³/mol. The largest absolute Gasteiger partial charge is 0.481 e. The van der Waals surface area contributed by atoms with Crippen molar-refractivity contribution in [3.8, 4) is 11.8 Å². The summed E-state index contributed by atoms with van der Waals surface area (Å²) in [7, 11) is 3.16. The zero-order chi connectivity index (χ0) is 10.4. The first-order chi connectivity index (χ1) is 6.83. The van der Waals surface area contributed by atoms with E-state index in [0.717, 1.165) is 12.1 Å². The lowest BCUT2D eigenvalue weighted by atomic mass is 10.3. The molecule has 0 bridgehead atoms. The fourth-order valence-corrected chi connectivity index (χ4v) is 1.13. The summed E-state index contributed by atoms with van der Waals surface area (Å²) in [6, 6.07) is 0. The van der Waals surface area contributed by atoms with E-state index in [1.165, 1.54) is 6.33 Å². The van der Waals surface area contributed by atoms with Gasteiger partial charge in [-0.2, -0.15) is 0 Å². The third kappa shape index (κ3) is 2.32. The fourth-order valence-electron chi connectivity index (χ4n) is 1.13. The smallest absolute Gasteiger partial charge is 0.224 e. The lowest BCUT2D eigenvalue weighted by Gasteiger charge is -2.10. The van der Waals surface area contributed by atoms with Gasteiger partial charge in [-0.15, -0.1) is 0 Å². The van der Waals surface area contributed by atoms with Gasteiger partial charge in [-0.25, -0.2) is 9.97 Å². The lowest BCUT2D eigenvalue weighted by Crippen LogP contribution is -2.14. The van der Waals surface area contributed by atoms with E-state index in [1.54, 1.807) is 14.2 Å². The number of ether oxygens (including phenoxy) is 2. The van der Waals surface area contributed by atoms with Gasteiger partial charge in [0.25, 0.3) is 0 Å². The normalized spacial score (nSPS) is 9.93. The lowest BCUT2D eigenvalue weighted by molar-refractivity contribution is 0.359. The number of aromatic nitrogens is 2. The molecule has 0 aliphatic heterocycles. The molecule has 5 nitrogen and oxygen atoms in total. The average molecular weight is 197 g/mol. The van der Waals surface area contributed by atoms with Crippen LogP contribution in [-0.4, -0.2) is 30.7 Å². The van der Waals surface area contributed by atoms with Crippen LogP contribution in [0.15, 0.2) is 6.33 Å². The van der Waals surface area contributed by atoms with E-state index in [0.29, 0.717) is 18.3 Å². The summed E-state index contributed by atoms with van der Waals surface area (Å²) in [4.78, 5) is 8.01. The first-order valence-electron chi connectivity index (χ1n) is 4.46. The van der Waals surface area contributed by atoms with Gasteiger partial charge in [0.1, 0.15) is 6.33 Å². The van der Waals surface area contributed by atoms with Crippen LogP contribution in [0.3, 0.4) is 0 Å². The van der Waals surface area contributed by atoms with E-state index in [1.807, 2.05) is 6.92 Å². The van der Waals surface area contributed by atoms with Crippen LogP contribution in [0.5, 0.6) is 11.8 Å². The molecule has 78 valence electrons. The third-order valence-electron chi connectivity index (χ3n) is 1.80. The second-order valence-electron chi connectivity index (χ2n) is 2.65. The zero-order valence-electron chi connectivity index (χ0n) is 8.70. The third-order valence-corrected chi connectivity index (χ3v) is 1.80. The Bertz CT molecular complexity index is 269. The van der Waals surface area contributed by atoms with Crippen molar-refractivity contribution in [3.05, 3.63) is 11.9 Å². The van der Waals surface area contributed by atoms with Crippen LogP contribution >= 0.6 is 0 Å². The standard InChI is InChI=1S/C9H15N3O2/c1-4-10-5-7-8(13-2)11-6-12-9(7)14-3/h6,10H,4-5H2,1-3H3. The molecule has 1 aromatic rings. The quantitative estimate of drug-likeness (QED) is 0.749. The highest BCUT2D eigenvalue weighted by molar-refractivity contribution is 5.34. The van der Waals surface area contributed by atoms with Gasteiger partial charge in [-0.05, 0) is 6.54 Å². The van der Waals surface area contributed by atoms with Crippen LogP contribution in [0.25, 0.3) is 0 Å². The Labute approximate surface area is 83.5 Å². The Balaban J connectivity index is 2.93. The van der Waals surface area contributed by atoms with Gasteiger partial charge in [-0.3, -0.25) is 0 Å². The van der Waals surface area contributed by atoms with E-state index in [-0.39, 0.29) is 0 Å². The van der Waals surface area contributed by atoms with Gasteiger partial charge in [-0.1, -0.05) is 6.92 Å². The Morgan fingerprint density at radius 2 is 1.79 bits per heavy atom. The number of methoxy groups -OCH3 is 2. The van der Waals surface area contributed by atoms with Gasteiger partial charge in [0.2, 0.25) is 11.8 Å². The SMILES string of the molecule is CCNCc1c(OC)ncnc1OC. The highest BCUT2D eigenvalue weighted by Crippen LogP contribution is 2.22. The number of nitrogens with one attached hydrogen (secondary N) is 1. The molecule has 0 unspecified atom stereocenters. The van der Waals surface area contributed by atoms with Crippen molar-refractivity contribution >= 4 is 0 Å². The maximum atomic E-state index is 5.11. The van der Waals surface area contributed by atoms with Crippen molar-refractivity contribution in [2.45, 2.75) is 13.5 Å². The molecule has 0 saturated carbocycles. The molecular weight excluding hydrogens is 182 g/mol. The Morgan fingerprint density at radius 3 is 2.21 bits per heavy atom. The second-order valence-corrected chi connectivity index (χ2v) is 2.65. The van der Waals surface area contributed by atoms with Crippen molar-refractivity contribution in [3.63, 3.8) is 0 Å². The molecule has 0 amide bonds. The van der Waals surface area contributed by atoms with Crippen LogP contribution in [-0.2, 0) is 6.54 Å². The molecule has 0 aromatic carbocycles. The molecule has 0 fully saturated rings. The summed E-state index contributed by atoms with van der Waals surface area (Å²) in [5.74, 6) is 1.11. The minimum absolute atomic E-state index is 0.554. The topological polar surface area (TPSA) is 56.3 Å². The van der Waals surface area contributed by atoms with E-state index in [2.05, 4.69) is 15.3 Å². The maximum absolute atomic E-state index is 5.11. The minimum atomic E-state index is 0.554. The Kier molecular flexibility index (Phi) is 4.12. The monoisotopic (exact) mass is 197 g/mol. The van der Waals surface area contributed by atoms with E-state index in [4.69, 9.17) is 9.47 Å². The first-order valence-corrected chi connectivity index (χ1v) is 4.46. The molecule has 0 radical (unpaired) electrons. The number of rotatable bonds is 5. The van der Waals surface area contributed by atoms with E-state index in [9.17, 15) is 0 Å². The minimum Gasteiger partial charge on any atom is -0.481 e. The van der Waals surface area contributed by atoms with Crippen LogP contribution in [0.4, 0.5) is 0 Å². The summed E-state index contributed by atoms with van der Waals surface area (Å²) < 4.78 is 10.2. The van der Waals surface area contributed by atoms with Gasteiger partial charge in [0, 0.05) is 6.54 Å². The van der Waals surface area contributed by atoms with E-state index >= 15 is 0 Å². The molecule has 0 saturated heterocycles. The summed E-state index contributed by atoms with van der Waals surface area (Å²) in [6.07, 6.45) is 1.42. The van der Waals surface area contributed by atoms with Gasteiger partial charge >= 0.3 is 0 Å². The Morgan fingerprint density at radius 1 is 1.21 bits per heavy atom. The van der Waals surface area contributed by atoms with Gasteiger partial charge in [0.15, 0.2) is 0 Å². The summed E-state index contributed by atoms with van der Waals surface area (Å²) in [6.45, 7) is 3.55. The summed E-state index contributed by atoms with van der Waals surface area (Å²) in [5.41, 5.74) is 0.847. The molecule has 0 atom stereocenters. The maximum Gasteiger partial charge on any atom is 0.224 e. The van der Waals surface area contributed by atoms with Crippen molar-refractivity contribution < 1.29 is 9.47 Å². The second kappa shape index (κ2) is 5.39. The molecule has 1 N–H and O–H groups in total. The number of hydrogen-bond donors (Lipinski definition) is 1. The van der Waals surface area contributed by atoms with Crippen molar-refractivity contribution in [2.24, 2.45) is 0 Å². The van der Waals surface area contributed by atoms with Crippen LogP contribution in [0.1, 0.15) is 12.5 Å². The van der Waals surface area contributed by atoms with Crippen molar-refractivity contribution in [2.75, 3.05) is 20.8 Å². The molecule has 0 aliphatic rings. The van der Waals surface area contributed by atoms with E-state index < -0.39 is 0 Å². The van der Waals surface area contributed by atoms with Crippen LogP contribution in [0, 0.1) is 0 Å². The van der Waals surface area contributed by atoms with Gasteiger partial charge in [0.05, 0.1) is 19.8 Å². The van der Waals surface area contributed by atoms with Crippen molar-refractivity contribution in [1.82, 2.24) is 15.3 Å². The number of hydrogen-bond acceptors (Lipinski definition) is 5. The molecular formula is C9H15N3O2. The molecule has 0 spiro atoms. The predicted octanol–water partition coefficient (Wildman–Crippen LogP) is 0.603. The number of nitrogens with zero attached hydrogens (tertiary/aromatic N) is 2. The molecule has 5 heteroatoms. The highest BCUT2D eigenvalue weighted by atomic mass is 16.5. The molecule has 1 heterocycles. The molecule has 14 heavy (non-hydrogen) atoms. The van der Waals surface area contributed by atoms with Crippen LogP contribution < -0.4 is 14.8 Å². The van der Waals surface area contributed by atoms with Crippen molar-refractivity contribution in [1.29, 1.82) is 0 Å². The zero-order valence-corrected chi connectivity index (χ0v) is 8.70. The first kappa shape index (κ1) is 10.7. The molecule has 1 aromatic heterocycles. The molecule has 0 aliphatic carbocycles. The average Bonchev–Trinajstić information content (AvgIpc) is 2.25. The van der Waals surface area contributed by atoms with Gasteiger partial charge < -0.3 is 14.8 Å². The fraction of sp³-hybridized carbons (Fsp3) is 0.556. The summed E-state index contributed by atoms with van der Waals surface area (Å²) >= 11 is 0. The highest BCUT2D eigenvalue weighted by Gasteiger charge is 2.11. The Hall–Kier alpha value is -1.36.